The Morgan fingerprint density at radius 2 is 2.26 bits per heavy atom. The van der Waals surface area contributed by atoms with E-state index in [9.17, 15) is 0 Å². The molecule has 2 unspecified atom stereocenters. The number of ether oxygens (including phenoxy) is 2. The van der Waals surface area contributed by atoms with Gasteiger partial charge >= 0.3 is 0 Å². The Morgan fingerprint density at radius 1 is 1.42 bits per heavy atom. The van der Waals surface area contributed by atoms with E-state index in [0.29, 0.717) is 18.6 Å². The maximum Gasteiger partial charge on any atom is 0.122 e. The molecule has 0 saturated carbocycles. The van der Waals surface area contributed by atoms with Gasteiger partial charge in [-0.05, 0) is 50.5 Å². The van der Waals surface area contributed by atoms with Crippen molar-refractivity contribution >= 4 is 11.6 Å². The molecule has 2 atom stereocenters. The molecule has 2 nitrogen and oxygen atoms in total. The fourth-order valence-corrected chi connectivity index (χ4v) is 2.28. The van der Waals surface area contributed by atoms with Gasteiger partial charge in [0.15, 0.2) is 0 Å². The Kier molecular flexibility index (Phi) is 5.13. The monoisotopic (exact) mass is 278 g/mol. The number of hydrogen-bond donors (Lipinski definition) is 0. The molecule has 1 saturated heterocycles. The number of benzene rings is 1. The van der Waals surface area contributed by atoms with Crippen LogP contribution in [0.2, 0.25) is 0 Å². The van der Waals surface area contributed by atoms with Gasteiger partial charge in [-0.15, -0.1) is 11.6 Å². The largest absolute Gasteiger partial charge is 0.491 e. The first kappa shape index (κ1) is 14.2. The molecule has 0 spiro atoms. The molecule has 102 valence electrons. The summed E-state index contributed by atoms with van der Waals surface area (Å²) in [6, 6.07) is 5.94. The summed E-state index contributed by atoms with van der Waals surface area (Å²) in [7, 11) is 0. The fourth-order valence-electron chi connectivity index (χ4n) is 2.22. The van der Waals surface area contributed by atoms with E-state index in [0.717, 1.165) is 29.7 Å². The second-order valence-electron chi connectivity index (χ2n) is 4.87. The normalized spacial score (nSPS) is 21.8. The van der Waals surface area contributed by atoms with Gasteiger partial charge in [-0.1, -0.05) is 11.8 Å². The van der Waals surface area contributed by atoms with Gasteiger partial charge < -0.3 is 9.47 Å². The van der Waals surface area contributed by atoms with Crippen molar-refractivity contribution in [1.82, 2.24) is 0 Å². The highest BCUT2D eigenvalue weighted by Gasteiger charge is 2.22. The zero-order valence-electron chi connectivity index (χ0n) is 11.4. The van der Waals surface area contributed by atoms with E-state index >= 15 is 0 Å². The Morgan fingerprint density at radius 3 is 2.89 bits per heavy atom. The van der Waals surface area contributed by atoms with Gasteiger partial charge in [-0.25, -0.2) is 0 Å². The number of rotatable bonds is 3. The maximum atomic E-state index is 5.83. The smallest absolute Gasteiger partial charge is 0.122 e. The summed E-state index contributed by atoms with van der Waals surface area (Å²) >= 11 is 5.54. The quantitative estimate of drug-likeness (QED) is 0.622. The van der Waals surface area contributed by atoms with Crippen molar-refractivity contribution < 1.29 is 9.47 Å². The van der Waals surface area contributed by atoms with E-state index in [1.54, 1.807) is 0 Å². The SMILES string of the molecule is Cc1cc(C#CCCl)ccc1OCC1CCC(C)O1. The van der Waals surface area contributed by atoms with Gasteiger partial charge in [-0.2, -0.15) is 0 Å². The molecular weight excluding hydrogens is 260 g/mol. The first-order chi connectivity index (χ1) is 9.19. The Hall–Kier alpha value is -1.17. The average molecular weight is 279 g/mol. The molecule has 1 aromatic rings. The first-order valence-corrected chi connectivity index (χ1v) is 7.16. The van der Waals surface area contributed by atoms with Crippen molar-refractivity contribution in [2.24, 2.45) is 0 Å². The van der Waals surface area contributed by atoms with Gasteiger partial charge in [0.05, 0.1) is 18.1 Å². The van der Waals surface area contributed by atoms with Gasteiger partial charge in [0.2, 0.25) is 0 Å². The van der Waals surface area contributed by atoms with E-state index in [2.05, 4.69) is 18.8 Å². The van der Waals surface area contributed by atoms with Crippen LogP contribution in [-0.2, 0) is 4.74 Å². The van der Waals surface area contributed by atoms with Crippen LogP contribution in [0.15, 0.2) is 18.2 Å². The second-order valence-corrected chi connectivity index (χ2v) is 5.14. The number of halogens is 1. The fraction of sp³-hybridized carbons (Fsp3) is 0.500. The summed E-state index contributed by atoms with van der Waals surface area (Å²) < 4.78 is 11.6. The summed E-state index contributed by atoms with van der Waals surface area (Å²) in [6.07, 6.45) is 2.80. The molecule has 0 bridgehead atoms. The highest BCUT2D eigenvalue weighted by Crippen LogP contribution is 2.23. The lowest BCUT2D eigenvalue weighted by Crippen LogP contribution is -2.18. The predicted octanol–water partition coefficient (Wildman–Crippen LogP) is 3.53. The predicted molar refractivity (Wildman–Crippen MR) is 77.8 cm³/mol. The minimum Gasteiger partial charge on any atom is -0.491 e. The van der Waals surface area contributed by atoms with Crippen molar-refractivity contribution in [3.63, 3.8) is 0 Å². The van der Waals surface area contributed by atoms with E-state index in [-0.39, 0.29) is 6.10 Å². The van der Waals surface area contributed by atoms with Crippen LogP contribution in [0, 0.1) is 18.8 Å². The average Bonchev–Trinajstić information content (AvgIpc) is 2.81. The molecule has 1 fully saturated rings. The van der Waals surface area contributed by atoms with Crippen molar-refractivity contribution in [1.29, 1.82) is 0 Å². The summed E-state index contributed by atoms with van der Waals surface area (Å²) in [5, 5.41) is 0. The summed E-state index contributed by atoms with van der Waals surface area (Å²) in [6.45, 7) is 4.76. The standard InChI is InChI=1S/C16H19ClO2/c1-12-10-14(4-3-9-17)6-8-16(12)18-11-15-7-5-13(2)19-15/h6,8,10,13,15H,5,7,9,11H2,1-2H3. The van der Waals surface area contributed by atoms with Gasteiger partial charge in [0, 0.05) is 5.56 Å². The van der Waals surface area contributed by atoms with Crippen LogP contribution in [0.5, 0.6) is 5.75 Å². The van der Waals surface area contributed by atoms with Crippen LogP contribution >= 0.6 is 11.6 Å². The van der Waals surface area contributed by atoms with E-state index in [4.69, 9.17) is 21.1 Å². The molecule has 3 heteroatoms. The third-order valence-electron chi connectivity index (χ3n) is 3.22. The molecule has 1 aliphatic heterocycles. The van der Waals surface area contributed by atoms with Crippen molar-refractivity contribution in [2.45, 2.75) is 38.9 Å². The van der Waals surface area contributed by atoms with Crippen molar-refractivity contribution in [3.8, 4) is 17.6 Å². The number of hydrogen-bond acceptors (Lipinski definition) is 2. The van der Waals surface area contributed by atoms with Gasteiger partial charge in [0.1, 0.15) is 12.4 Å². The van der Waals surface area contributed by atoms with E-state index < -0.39 is 0 Å². The summed E-state index contributed by atoms with van der Waals surface area (Å²) in [5.41, 5.74) is 2.06. The van der Waals surface area contributed by atoms with Crippen molar-refractivity contribution in [3.05, 3.63) is 29.3 Å². The minimum atomic E-state index is 0.227. The Labute approximate surface area is 120 Å². The molecule has 1 heterocycles. The van der Waals surface area contributed by atoms with Crippen LogP contribution in [0.4, 0.5) is 0 Å². The van der Waals surface area contributed by atoms with Crippen LogP contribution in [0.1, 0.15) is 30.9 Å². The molecule has 1 aromatic carbocycles. The summed E-state index contributed by atoms with van der Waals surface area (Å²) in [4.78, 5) is 0. The van der Waals surface area contributed by atoms with Crippen molar-refractivity contribution in [2.75, 3.05) is 12.5 Å². The Bertz CT molecular complexity index is 487. The third-order valence-corrected chi connectivity index (χ3v) is 3.35. The van der Waals surface area contributed by atoms with Gasteiger partial charge in [0.25, 0.3) is 0 Å². The number of aryl methyl sites for hydroxylation is 1. The molecule has 0 aliphatic carbocycles. The van der Waals surface area contributed by atoms with Gasteiger partial charge in [-0.3, -0.25) is 0 Å². The highest BCUT2D eigenvalue weighted by atomic mass is 35.5. The molecule has 19 heavy (non-hydrogen) atoms. The topological polar surface area (TPSA) is 18.5 Å². The van der Waals surface area contributed by atoms with E-state index in [1.165, 1.54) is 0 Å². The maximum absolute atomic E-state index is 5.83. The molecule has 0 amide bonds. The number of alkyl halides is 1. The molecule has 0 N–H and O–H groups in total. The van der Waals surface area contributed by atoms with Crippen LogP contribution in [-0.4, -0.2) is 24.7 Å². The second kappa shape index (κ2) is 6.84. The minimum absolute atomic E-state index is 0.227. The Balaban J connectivity index is 1.93. The zero-order valence-corrected chi connectivity index (χ0v) is 12.2. The molecule has 2 rings (SSSR count). The lowest BCUT2D eigenvalue weighted by Gasteiger charge is -2.14. The molecule has 0 radical (unpaired) electrons. The van der Waals surface area contributed by atoms with Crippen LogP contribution in [0.25, 0.3) is 0 Å². The molecular formula is C16H19ClO2. The summed E-state index contributed by atoms with van der Waals surface area (Å²) in [5.74, 6) is 7.11. The molecule has 0 aromatic heterocycles. The van der Waals surface area contributed by atoms with Crippen LogP contribution in [0.3, 0.4) is 0 Å². The highest BCUT2D eigenvalue weighted by molar-refractivity contribution is 6.19. The van der Waals surface area contributed by atoms with E-state index in [1.807, 2.05) is 25.1 Å². The molecule has 1 aliphatic rings. The van der Waals surface area contributed by atoms with Crippen LogP contribution < -0.4 is 4.74 Å². The lowest BCUT2D eigenvalue weighted by atomic mass is 10.1. The zero-order chi connectivity index (χ0) is 13.7. The third kappa shape index (κ3) is 4.16. The lowest BCUT2D eigenvalue weighted by molar-refractivity contribution is 0.0263. The first-order valence-electron chi connectivity index (χ1n) is 6.63.